The maximum atomic E-state index is 12.4. The monoisotopic (exact) mass is 335 g/mol. The molecule has 124 valence electrons. The number of nitrogens with zero attached hydrogens (tertiary/aromatic N) is 2. The van der Waals surface area contributed by atoms with Gasteiger partial charge in [0.2, 0.25) is 0 Å². The van der Waals surface area contributed by atoms with Crippen LogP contribution in [0.25, 0.3) is 0 Å². The molecule has 1 amide bonds. The van der Waals surface area contributed by atoms with Gasteiger partial charge >= 0.3 is 0 Å². The van der Waals surface area contributed by atoms with Gasteiger partial charge in [-0.2, -0.15) is 5.10 Å². The van der Waals surface area contributed by atoms with Crippen molar-refractivity contribution in [1.82, 2.24) is 15.1 Å². The maximum absolute atomic E-state index is 12.4. The molecule has 0 aliphatic rings. The Morgan fingerprint density at radius 1 is 1.39 bits per heavy atom. The summed E-state index contributed by atoms with van der Waals surface area (Å²) in [5.74, 6) is -0.228. The molecule has 2 N–H and O–H groups in total. The summed E-state index contributed by atoms with van der Waals surface area (Å²) in [5, 5.41) is 17.8. The standard InChI is InChI=1S/C17H22ClN3O2/c1-4-9-21-12(3)16(11(2)20-21)17(23)19-10-15(22)13-7-5-6-8-14(13)18/h5-8,15,22H,4,9-10H2,1-3H3,(H,19,23). The summed E-state index contributed by atoms with van der Waals surface area (Å²) >= 11 is 6.05. The van der Waals surface area contributed by atoms with Crippen LogP contribution in [0.15, 0.2) is 24.3 Å². The lowest BCUT2D eigenvalue weighted by molar-refractivity contribution is 0.0915. The largest absolute Gasteiger partial charge is 0.387 e. The molecule has 0 bridgehead atoms. The number of aliphatic hydroxyl groups is 1. The van der Waals surface area contributed by atoms with E-state index in [0.717, 1.165) is 18.7 Å². The van der Waals surface area contributed by atoms with Gasteiger partial charge in [-0.3, -0.25) is 9.48 Å². The summed E-state index contributed by atoms with van der Waals surface area (Å²) in [4.78, 5) is 12.4. The summed E-state index contributed by atoms with van der Waals surface area (Å²) in [5.41, 5.74) is 2.71. The quantitative estimate of drug-likeness (QED) is 0.852. The van der Waals surface area contributed by atoms with Crippen molar-refractivity contribution in [1.29, 1.82) is 0 Å². The average Bonchev–Trinajstić information content (AvgIpc) is 2.80. The highest BCUT2D eigenvalue weighted by molar-refractivity contribution is 6.31. The molecule has 2 rings (SSSR count). The van der Waals surface area contributed by atoms with Gasteiger partial charge in [-0.05, 0) is 26.3 Å². The van der Waals surface area contributed by atoms with Crippen molar-refractivity contribution in [3.63, 3.8) is 0 Å². The van der Waals surface area contributed by atoms with Crippen LogP contribution >= 0.6 is 11.6 Å². The second-order valence-electron chi connectivity index (χ2n) is 5.52. The van der Waals surface area contributed by atoms with Crippen LogP contribution < -0.4 is 5.32 Å². The highest BCUT2D eigenvalue weighted by atomic mass is 35.5. The number of rotatable bonds is 6. The van der Waals surface area contributed by atoms with E-state index in [9.17, 15) is 9.90 Å². The number of aromatic nitrogens is 2. The Morgan fingerprint density at radius 2 is 2.09 bits per heavy atom. The molecule has 0 aliphatic heterocycles. The fourth-order valence-corrected chi connectivity index (χ4v) is 2.85. The van der Waals surface area contributed by atoms with Gasteiger partial charge in [-0.15, -0.1) is 0 Å². The molecule has 0 spiro atoms. The summed E-state index contributed by atoms with van der Waals surface area (Å²) in [6.07, 6.45) is 0.104. The topological polar surface area (TPSA) is 67.2 Å². The third-order valence-corrected chi connectivity index (χ3v) is 4.11. The minimum atomic E-state index is -0.848. The van der Waals surface area contributed by atoms with Gasteiger partial charge in [0, 0.05) is 29.4 Å². The van der Waals surface area contributed by atoms with Crippen LogP contribution in [-0.4, -0.2) is 27.3 Å². The second kappa shape index (κ2) is 7.62. The van der Waals surface area contributed by atoms with Gasteiger partial charge in [0.1, 0.15) is 0 Å². The van der Waals surface area contributed by atoms with Crippen LogP contribution in [0.2, 0.25) is 5.02 Å². The number of benzene rings is 1. The summed E-state index contributed by atoms with van der Waals surface area (Å²) in [6, 6.07) is 7.06. The predicted molar refractivity (Wildman–Crippen MR) is 90.7 cm³/mol. The molecular formula is C17H22ClN3O2. The van der Waals surface area contributed by atoms with E-state index in [0.29, 0.717) is 21.8 Å². The first-order valence-electron chi connectivity index (χ1n) is 7.70. The van der Waals surface area contributed by atoms with Crippen molar-refractivity contribution in [3.05, 3.63) is 51.8 Å². The van der Waals surface area contributed by atoms with Gasteiger partial charge in [0.05, 0.1) is 17.4 Å². The molecule has 0 saturated heterocycles. The fourth-order valence-electron chi connectivity index (χ4n) is 2.59. The number of aliphatic hydroxyl groups excluding tert-OH is 1. The normalized spacial score (nSPS) is 12.2. The highest BCUT2D eigenvalue weighted by Crippen LogP contribution is 2.22. The number of carbonyl (C=O) groups excluding carboxylic acids is 1. The van der Waals surface area contributed by atoms with Crippen molar-refractivity contribution in [2.45, 2.75) is 39.8 Å². The molecule has 1 heterocycles. The Labute approximate surface area is 141 Å². The number of hydrogen-bond acceptors (Lipinski definition) is 3. The SMILES string of the molecule is CCCn1nc(C)c(C(=O)NCC(O)c2ccccc2Cl)c1C. The molecule has 0 aliphatic carbocycles. The van der Waals surface area contributed by atoms with E-state index in [1.807, 2.05) is 18.5 Å². The van der Waals surface area contributed by atoms with Crippen LogP contribution in [0, 0.1) is 13.8 Å². The van der Waals surface area contributed by atoms with Crippen molar-refractivity contribution in [3.8, 4) is 0 Å². The lowest BCUT2D eigenvalue weighted by atomic mass is 10.1. The van der Waals surface area contributed by atoms with E-state index >= 15 is 0 Å². The highest BCUT2D eigenvalue weighted by Gasteiger charge is 2.19. The van der Waals surface area contributed by atoms with E-state index in [4.69, 9.17) is 11.6 Å². The number of halogens is 1. The second-order valence-corrected chi connectivity index (χ2v) is 5.92. The fraction of sp³-hybridized carbons (Fsp3) is 0.412. The van der Waals surface area contributed by atoms with Crippen LogP contribution in [0.1, 0.15) is 46.8 Å². The molecule has 1 aromatic heterocycles. The average molecular weight is 336 g/mol. The van der Waals surface area contributed by atoms with E-state index in [1.165, 1.54) is 0 Å². The Morgan fingerprint density at radius 3 is 2.74 bits per heavy atom. The lowest BCUT2D eigenvalue weighted by Crippen LogP contribution is -2.29. The zero-order valence-electron chi connectivity index (χ0n) is 13.6. The van der Waals surface area contributed by atoms with Gasteiger partial charge < -0.3 is 10.4 Å². The van der Waals surface area contributed by atoms with E-state index in [1.54, 1.807) is 24.3 Å². The van der Waals surface area contributed by atoms with Gasteiger partial charge in [0.15, 0.2) is 0 Å². The summed E-state index contributed by atoms with van der Waals surface area (Å²) < 4.78 is 1.84. The molecule has 1 unspecified atom stereocenters. The molecule has 23 heavy (non-hydrogen) atoms. The lowest BCUT2D eigenvalue weighted by Gasteiger charge is -2.14. The molecule has 0 radical (unpaired) electrons. The molecule has 0 saturated carbocycles. The minimum absolute atomic E-state index is 0.0976. The molecule has 2 aromatic rings. The van der Waals surface area contributed by atoms with Crippen LogP contribution in [-0.2, 0) is 6.54 Å². The smallest absolute Gasteiger partial charge is 0.255 e. The van der Waals surface area contributed by atoms with Gasteiger partial charge in [-0.25, -0.2) is 0 Å². The zero-order chi connectivity index (χ0) is 17.0. The molecule has 0 fully saturated rings. The van der Waals surface area contributed by atoms with Crippen molar-refractivity contribution < 1.29 is 9.90 Å². The summed E-state index contributed by atoms with van der Waals surface area (Å²) in [7, 11) is 0. The molecule has 5 nitrogen and oxygen atoms in total. The van der Waals surface area contributed by atoms with Crippen molar-refractivity contribution in [2.75, 3.05) is 6.54 Å². The number of nitrogens with one attached hydrogen (secondary N) is 1. The van der Waals surface area contributed by atoms with Crippen molar-refractivity contribution in [2.24, 2.45) is 0 Å². The maximum Gasteiger partial charge on any atom is 0.255 e. The van der Waals surface area contributed by atoms with E-state index in [2.05, 4.69) is 17.3 Å². The third kappa shape index (κ3) is 3.92. The molecule has 6 heteroatoms. The third-order valence-electron chi connectivity index (χ3n) is 3.76. The number of aryl methyl sites for hydroxylation is 2. The Hall–Kier alpha value is -1.85. The van der Waals surface area contributed by atoms with E-state index < -0.39 is 6.10 Å². The number of amides is 1. The Kier molecular flexibility index (Phi) is 5.80. The Balaban J connectivity index is 2.07. The number of carbonyl (C=O) groups is 1. The Bertz CT molecular complexity index is 697. The first-order valence-corrected chi connectivity index (χ1v) is 8.08. The summed E-state index contributed by atoms with van der Waals surface area (Å²) in [6.45, 7) is 6.65. The minimum Gasteiger partial charge on any atom is -0.387 e. The predicted octanol–water partition coefficient (Wildman–Crippen LogP) is 3.03. The first-order chi connectivity index (χ1) is 11.0. The first kappa shape index (κ1) is 17.5. The molecular weight excluding hydrogens is 314 g/mol. The van der Waals surface area contributed by atoms with Crippen LogP contribution in [0.3, 0.4) is 0 Å². The van der Waals surface area contributed by atoms with Crippen LogP contribution in [0.5, 0.6) is 0 Å². The van der Waals surface area contributed by atoms with Gasteiger partial charge in [0.25, 0.3) is 5.91 Å². The van der Waals surface area contributed by atoms with Crippen LogP contribution in [0.4, 0.5) is 0 Å². The van der Waals surface area contributed by atoms with Gasteiger partial charge in [-0.1, -0.05) is 36.7 Å². The zero-order valence-corrected chi connectivity index (χ0v) is 14.4. The van der Waals surface area contributed by atoms with Crippen molar-refractivity contribution >= 4 is 17.5 Å². The molecule has 1 atom stereocenters. The number of hydrogen-bond donors (Lipinski definition) is 2. The molecule has 1 aromatic carbocycles. The van der Waals surface area contributed by atoms with E-state index in [-0.39, 0.29) is 12.5 Å².